The normalized spacial score (nSPS) is 14.2. The van der Waals surface area contributed by atoms with Crippen molar-refractivity contribution in [2.24, 2.45) is 5.41 Å². The van der Waals surface area contributed by atoms with Gasteiger partial charge in [-0.3, -0.25) is 4.79 Å². The maximum absolute atomic E-state index is 12.1. The van der Waals surface area contributed by atoms with Crippen LogP contribution in [0.5, 0.6) is 0 Å². The van der Waals surface area contributed by atoms with Gasteiger partial charge in [0.15, 0.2) is 8.32 Å². The maximum Gasteiger partial charge on any atom is 0.311 e. The molecule has 1 aromatic carbocycles. The van der Waals surface area contributed by atoms with E-state index >= 15 is 0 Å². The molecule has 0 saturated heterocycles. The SMILES string of the molecule is CC(C)(C)C(=O)OCC(CCc1ccccc1)O[Si](C)(C)C(C)(C)C. The Morgan fingerprint density at radius 3 is 2.08 bits per heavy atom. The molecule has 0 N–H and O–H groups in total. The van der Waals surface area contributed by atoms with Crippen molar-refractivity contribution < 1.29 is 14.0 Å². The van der Waals surface area contributed by atoms with Gasteiger partial charge in [-0.05, 0) is 57.3 Å². The predicted octanol–water partition coefficient (Wildman–Crippen LogP) is 5.60. The van der Waals surface area contributed by atoms with Gasteiger partial charge in [0.05, 0.1) is 11.5 Å². The van der Waals surface area contributed by atoms with Crippen molar-refractivity contribution in [3.05, 3.63) is 35.9 Å². The second kappa shape index (κ2) is 8.50. The van der Waals surface area contributed by atoms with Gasteiger partial charge in [-0.1, -0.05) is 51.1 Å². The molecule has 0 aromatic heterocycles. The number of esters is 1. The van der Waals surface area contributed by atoms with Gasteiger partial charge >= 0.3 is 5.97 Å². The number of carbonyl (C=O) groups is 1. The Hall–Kier alpha value is -1.13. The fourth-order valence-corrected chi connectivity index (χ4v) is 3.50. The van der Waals surface area contributed by atoms with Crippen LogP contribution in [0.15, 0.2) is 30.3 Å². The lowest BCUT2D eigenvalue weighted by Gasteiger charge is -2.39. The first-order chi connectivity index (χ1) is 11.3. The van der Waals surface area contributed by atoms with Crippen molar-refractivity contribution in [1.29, 1.82) is 0 Å². The van der Waals surface area contributed by atoms with Crippen LogP contribution >= 0.6 is 0 Å². The lowest BCUT2D eigenvalue weighted by atomic mass is 9.97. The lowest BCUT2D eigenvalue weighted by molar-refractivity contribution is -0.155. The molecule has 3 nitrogen and oxygen atoms in total. The first kappa shape index (κ1) is 21.9. The fourth-order valence-electron chi connectivity index (χ4n) is 2.13. The second-order valence-electron chi connectivity index (χ2n) is 9.37. The largest absolute Gasteiger partial charge is 0.463 e. The zero-order valence-electron chi connectivity index (χ0n) is 17.3. The molecule has 0 heterocycles. The number of carbonyl (C=O) groups excluding carboxylic acids is 1. The molecule has 1 atom stereocenters. The summed E-state index contributed by atoms with van der Waals surface area (Å²) in [5.74, 6) is -0.170. The zero-order chi connectivity index (χ0) is 19.3. The maximum atomic E-state index is 12.1. The summed E-state index contributed by atoms with van der Waals surface area (Å²) in [7, 11) is -1.92. The van der Waals surface area contributed by atoms with Gasteiger partial charge in [-0.15, -0.1) is 0 Å². The summed E-state index contributed by atoms with van der Waals surface area (Å²) >= 11 is 0. The van der Waals surface area contributed by atoms with E-state index < -0.39 is 13.7 Å². The zero-order valence-corrected chi connectivity index (χ0v) is 18.3. The molecule has 0 saturated carbocycles. The average Bonchev–Trinajstić information content (AvgIpc) is 2.48. The smallest absolute Gasteiger partial charge is 0.311 e. The topological polar surface area (TPSA) is 35.5 Å². The summed E-state index contributed by atoms with van der Waals surface area (Å²) in [6, 6.07) is 10.4. The van der Waals surface area contributed by atoms with Crippen LogP contribution in [-0.4, -0.2) is 27.0 Å². The highest BCUT2D eigenvalue weighted by Crippen LogP contribution is 2.37. The third-order valence-corrected chi connectivity index (χ3v) is 9.41. The fraction of sp³-hybridized carbons (Fsp3) is 0.667. The molecule has 0 aliphatic carbocycles. The molecule has 0 amide bonds. The highest BCUT2D eigenvalue weighted by Gasteiger charge is 2.39. The van der Waals surface area contributed by atoms with Crippen LogP contribution in [0.4, 0.5) is 0 Å². The van der Waals surface area contributed by atoms with E-state index in [0.29, 0.717) is 6.61 Å². The van der Waals surface area contributed by atoms with Crippen molar-refractivity contribution in [1.82, 2.24) is 0 Å². The van der Waals surface area contributed by atoms with Crippen molar-refractivity contribution in [3.63, 3.8) is 0 Å². The molecular formula is C21H36O3Si. The van der Waals surface area contributed by atoms with Crippen LogP contribution in [0.1, 0.15) is 53.5 Å². The molecule has 1 unspecified atom stereocenters. The summed E-state index contributed by atoms with van der Waals surface area (Å²) in [4.78, 5) is 12.1. The number of hydrogen-bond acceptors (Lipinski definition) is 3. The van der Waals surface area contributed by atoms with Gasteiger partial charge in [-0.2, -0.15) is 0 Å². The summed E-state index contributed by atoms with van der Waals surface area (Å²) < 4.78 is 12.1. The van der Waals surface area contributed by atoms with Gasteiger partial charge < -0.3 is 9.16 Å². The molecule has 1 aromatic rings. The Bertz CT molecular complexity index is 538. The molecule has 4 heteroatoms. The summed E-state index contributed by atoms with van der Waals surface area (Å²) in [5.41, 5.74) is 0.800. The number of rotatable bonds is 7. The van der Waals surface area contributed by atoms with E-state index in [0.717, 1.165) is 12.8 Å². The van der Waals surface area contributed by atoms with Gasteiger partial charge in [0.2, 0.25) is 0 Å². The van der Waals surface area contributed by atoms with Gasteiger partial charge in [0.1, 0.15) is 6.61 Å². The standard InChI is InChI=1S/C21H36O3Si/c1-20(2,3)19(22)23-16-18(24-25(7,8)21(4,5)6)15-14-17-12-10-9-11-13-17/h9-13,18H,14-16H2,1-8H3. The van der Waals surface area contributed by atoms with Gasteiger partial charge in [0.25, 0.3) is 0 Å². The molecule has 142 valence electrons. The Morgan fingerprint density at radius 1 is 1.04 bits per heavy atom. The van der Waals surface area contributed by atoms with E-state index in [1.807, 2.05) is 26.8 Å². The lowest BCUT2D eigenvalue weighted by Crippen LogP contribution is -2.45. The van der Waals surface area contributed by atoms with Crippen molar-refractivity contribution in [3.8, 4) is 0 Å². The van der Waals surface area contributed by atoms with E-state index in [4.69, 9.17) is 9.16 Å². The molecule has 0 radical (unpaired) electrons. The van der Waals surface area contributed by atoms with Crippen molar-refractivity contribution >= 4 is 14.3 Å². The van der Waals surface area contributed by atoms with Crippen molar-refractivity contribution in [2.45, 2.75) is 78.6 Å². The van der Waals surface area contributed by atoms with Crippen LogP contribution in [-0.2, 0) is 20.4 Å². The number of ether oxygens (including phenoxy) is 1. The van der Waals surface area contributed by atoms with Crippen LogP contribution in [0.2, 0.25) is 18.1 Å². The third-order valence-electron chi connectivity index (χ3n) is 4.88. The number of benzene rings is 1. The Kier molecular flexibility index (Phi) is 7.45. The predicted molar refractivity (Wildman–Crippen MR) is 107 cm³/mol. The molecule has 0 aliphatic heterocycles. The molecule has 1 rings (SSSR count). The molecule has 25 heavy (non-hydrogen) atoms. The van der Waals surface area contributed by atoms with E-state index in [1.54, 1.807) is 0 Å². The van der Waals surface area contributed by atoms with E-state index in [-0.39, 0.29) is 17.1 Å². The van der Waals surface area contributed by atoms with E-state index in [9.17, 15) is 4.79 Å². The van der Waals surface area contributed by atoms with Crippen LogP contribution < -0.4 is 0 Å². The summed E-state index contributed by atoms with van der Waals surface area (Å²) in [5, 5.41) is 0.131. The minimum atomic E-state index is -1.92. The van der Waals surface area contributed by atoms with Gasteiger partial charge in [-0.25, -0.2) is 0 Å². The van der Waals surface area contributed by atoms with Crippen LogP contribution in [0.25, 0.3) is 0 Å². The summed E-state index contributed by atoms with van der Waals surface area (Å²) in [6.07, 6.45) is 1.72. The third kappa shape index (κ3) is 7.33. The number of hydrogen-bond donors (Lipinski definition) is 0. The number of aryl methyl sites for hydroxylation is 1. The first-order valence-corrected chi connectivity index (χ1v) is 12.1. The van der Waals surface area contributed by atoms with E-state index in [1.165, 1.54) is 5.56 Å². The molecule has 0 spiro atoms. The second-order valence-corrected chi connectivity index (χ2v) is 14.1. The van der Waals surface area contributed by atoms with Crippen molar-refractivity contribution in [2.75, 3.05) is 6.61 Å². The minimum absolute atomic E-state index is 0.0626. The molecule has 0 aliphatic rings. The quantitative estimate of drug-likeness (QED) is 0.467. The van der Waals surface area contributed by atoms with Crippen LogP contribution in [0.3, 0.4) is 0 Å². The highest BCUT2D eigenvalue weighted by molar-refractivity contribution is 6.74. The summed E-state index contributed by atoms with van der Waals surface area (Å²) in [6.45, 7) is 17.1. The minimum Gasteiger partial charge on any atom is -0.463 e. The highest BCUT2D eigenvalue weighted by atomic mass is 28.4. The average molecular weight is 365 g/mol. The Labute approximate surface area is 155 Å². The first-order valence-electron chi connectivity index (χ1n) is 9.22. The molecule has 0 fully saturated rings. The Balaban J connectivity index is 2.77. The van der Waals surface area contributed by atoms with E-state index in [2.05, 4.69) is 58.1 Å². The van der Waals surface area contributed by atoms with Crippen LogP contribution in [0, 0.1) is 5.41 Å². The Morgan fingerprint density at radius 2 is 1.60 bits per heavy atom. The monoisotopic (exact) mass is 364 g/mol. The molecular weight excluding hydrogens is 328 g/mol. The molecule has 0 bridgehead atoms. The van der Waals surface area contributed by atoms with Gasteiger partial charge in [0, 0.05) is 0 Å².